The number of rotatable bonds is 5. The summed E-state index contributed by atoms with van der Waals surface area (Å²) < 4.78 is 23.8. The van der Waals surface area contributed by atoms with Crippen LogP contribution in [-0.2, 0) is 21.4 Å². The number of carbonyl (C=O) groups excluding carboxylic acids is 1. The molecule has 0 radical (unpaired) electrons. The lowest BCUT2D eigenvalue weighted by Gasteiger charge is -2.16. The van der Waals surface area contributed by atoms with Gasteiger partial charge >= 0.3 is 0 Å². The summed E-state index contributed by atoms with van der Waals surface area (Å²) in [7, 11) is -3.51. The molecule has 1 saturated heterocycles. The number of primary sulfonamides is 1. The second-order valence-corrected chi connectivity index (χ2v) is 6.20. The van der Waals surface area contributed by atoms with E-state index in [0.717, 1.165) is 0 Å². The van der Waals surface area contributed by atoms with Gasteiger partial charge in [0.15, 0.2) is 0 Å². The van der Waals surface area contributed by atoms with Crippen LogP contribution in [0.4, 0.5) is 0 Å². The molecular weight excluding hydrogens is 256 g/mol. The first-order valence-corrected chi connectivity index (χ1v) is 7.39. The zero-order valence-electron chi connectivity index (χ0n) is 9.90. The summed E-state index contributed by atoms with van der Waals surface area (Å²) in [5.41, 5.74) is 0. The molecule has 1 aliphatic heterocycles. The second kappa shape index (κ2) is 5.07. The Labute approximate surface area is 106 Å². The summed E-state index contributed by atoms with van der Waals surface area (Å²) in [5, 5.41) is 4.99. The van der Waals surface area contributed by atoms with Gasteiger partial charge in [0.25, 0.3) is 0 Å². The molecule has 0 spiro atoms. The molecule has 100 valence electrons. The average Bonchev–Trinajstić information content (AvgIpc) is 2.83. The van der Waals surface area contributed by atoms with Gasteiger partial charge in [0, 0.05) is 44.4 Å². The van der Waals surface area contributed by atoms with Gasteiger partial charge in [0.2, 0.25) is 15.9 Å². The first-order chi connectivity index (χ1) is 8.44. The molecule has 1 atom stereocenters. The molecule has 2 N–H and O–H groups in total. The molecule has 1 aromatic heterocycles. The predicted octanol–water partition coefficient (Wildman–Crippen LogP) is -0.980. The summed E-state index contributed by atoms with van der Waals surface area (Å²) in [6, 6.07) is 0. The Morgan fingerprint density at radius 3 is 2.83 bits per heavy atom. The van der Waals surface area contributed by atoms with E-state index in [0.29, 0.717) is 19.6 Å². The van der Waals surface area contributed by atoms with Crippen molar-refractivity contribution >= 4 is 15.9 Å². The molecule has 1 fully saturated rings. The lowest BCUT2D eigenvalue weighted by atomic mass is 10.1. The lowest BCUT2D eigenvalue weighted by molar-refractivity contribution is -0.127. The minimum atomic E-state index is -3.51. The van der Waals surface area contributed by atoms with Crippen LogP contribution in [0, 0.1) is 5.92 Å². The van der Waals surface area contributed by atoms with E-state index < -0.39 is 10.0 Å². The van der Waals surface area contributed by atoms with Crippen LogP contribution in [0.1, 0.15) is 6.42 Å². The average molecular weight is 272 g/mol. The number of imidazole rings is 1. The van der Waals surface area contributed by atoms with Gasteiger partial charge in [0.1, 0.15) is 0 Å². The molecule has 0 aromatic carbocycles. The molecule has 1 amide bonds. The third-order valence-corrected chi connectivity index (χ3v) is 3.89. The Hall–Kier alpha value is -1.41. The van der Waals surface area contributed by atoms with Crippen LogP contribution < -0.4 is 5.14 Å². The van der Waals surface area contributed by atoms with Crippen molar-refractivity contribution in [3.8, 4) is 0 Å². The second-order valence-electron chi connectivity index (χ2n) is 4.54. The van der Waals surface area contributed by atoms with Gasteiger partial charge in [-0.05, 0) is 0 Å². The van der Waals surface area contributed by atoms with Crippen molar-refractivity contribution in [3.05, 3.63) is 18.7 Å². The van der Waals surface area contributed by atoms with Crippen molar-refractivity contribution in [2.75, 3.05) is 18.8 Å². The molecule has 2 heterocycles. The minimum absolute atomic E-state index is 0.0104. The number of likely N-dealkylation sites (tertiary alicyclic amines) is 1. The maximum atomic E-state index is 11.7. The molecular formula is C10H16N4O3S. The van der Waals surface area contributed by atoms with Crippen LogP contribution in [0.3, 0.4) is 0 Å². The normalized spacial score (nSPS) is 20.6. The van der Waals surface area contributed by atoms with Crippen molar-refractivity contribution in [3.63, 3.8) is 0 Å². The van der Waals surface area contributed by atoms with Crippen molar-refractivity contribution in [2.45, 2.75) is 13.0 Å². The molecule has 2 rings (SSSR count). The highest BCUT2D eigenvalue weighted by atomic mass is 32.2. The summed E-state index contributed by atoms with van der Waals surface area (Å²) >= 11 is 0. The first kappa shape index (κ1) is 13.0. The fourth-order valence-corrected chi connectivity index (χ4v) is 3.05. The number of nitrogens with zero attached hydrogens (tertiary/aromatic N) is 3. The number of aromatic nitrogens is 2. The number of amides is 1. The van der Waals surface area contributed by atoms with Gasteiger partial charge in [-0.2, -0.15) is 0 Å². The molecule has 1 aliphatic rings. The largest absolute Gasteiger partial charge is 0.341 e. The number of sulfonamides is 1. The molecule has 0 saturated carbocycles. The van der Waals surface area contributed by atoms with Crippen LogP contribution in [0.25, 0.3) is 0 Å². The monoisotopic (exact) mass is 272 g/mol. The zero-order chi connectivity index (χ0) is 13.2. The van der Waals surface area contributed by atoms with E-state index in [1.807, 2.05) is 10.8 Å². The maximum Gasteiger partial charge on any atom is 0.223 e. The van der Waals surface area contributed by atoms with E-state index in [-0.39, 0.29) is 24.0 Å². The van der Waals surface area contributed by atoms with Crippen LogP contribution in [-0.4, -0.2) is 47.6 Å². The summed E-state index contributed by atoms with van der Waals surface area (Å²) in [5.74, 6) is -0.320. The fourth-order valence-electron chi connectivity index (χ4n) is 2.17. The summed E-state index contributed by atoms with van der Waals surface area (Å²) in [4.78, 5) is 17.3. The SMILES string of the molecule is NS(=O)(=O)CC1CC(=O)N(CCn2ccnc2)C1. The third-order valence-electron chi connectivity index (χ3n) is 2.95. The topological polar surface area (TPSA) is 98.3 Å². The van der Waals surface area contributed by atoms with Gasteiger partial charge < -0.3 is 9.47 Å². The predicted molar refractivity (Wildman–Crippen MR) is 64.9 cm³/mol. The Morgan fingerprint density at radius 2 is 2.22 bits per heavy atom. The van der Waals surface area contributed by atoms with E-state index in [4.69, 9.17) is 5.14 Å². The molecule has 0 bridgehead atoms. The van der Waals surface area contributed by atoms with E-state index in [1.54, 1.807) is 17.4 Å². The van der Waals surface area contributed by atoms with Crippen LogP contribution in [0.2, 0.25) is 0 Å². The number of hydrogen-bond donors (Lipinski definition) is 1. The van der Waals surface area contributed by atoms with Crippen molar-refractivity contribution in [1.82, 2.24) is 14.5 Å². The number of carbonyl (C=O) groups is 1. The van der Waals surface area contributed by atoms with Gasteiger partial charge in [0.05, 0.1) is 12.1 Å². The van der Waals surface area contributed by atoms with Gasteiger partial charge in [-0.15, -0.1) is 0 Å². The highest BCUT2D eigenvalue weighted by molar-refractivity contribution is 7.89. The van der Waals surface area contributed by atoms with E-state index in [1.165, 1.54) is 0 Å². The highest BCUT2D eigenvalue weighted by Crippen LogP contribution is 2.18. The Bertz CT molecular complexity index is 511. The van der Waals surface area contributed by atoms with Gasteiger partial charge in [-0.1, -0.05) is 0 Å². The van der Waals surface area contributed by atoms with Crippen LogP contribution in [0.5, 0.6) is 0 Å². The molecule has 8 heteroatoms. The smallest absolute Gasteiger partial charge is 0.223 e. The van der Waals surface area contributed by atoms with Crippen molar-refractivity contribution in [1.29, 1.82) is 0 Å². The van der Waals surface area contributed by atoms with Crippen molar-refractivity contribution < 1.29 is 13.2 Å². The van der Waals surface area contributed by atoms with Gasteiger partial charge in [-0.3, -0.25) is 4.79 Å². The molecule has 7 nitrogen and oxygen atoms in total. The van der Waals surface area contributed by atoms with Crippen LogP contribution in [0.15, 0.2) is 18.7 Å². The summed E-state index contributed by atoms with van der Waals surface area (Å²) in [6.07, 6.45) is 5.45. The van der Waals surface area contributed by atoms with Gasteiger partial charge in [-0.25, -0.2) is 18.5 Å². The molecule has 1 unspecified atom stereocenters. The highest BCUT2D eigenvalue weighted by Gasteiger charge is 2.31. The number of hydrogen-bond acceptors (Lipinski definition) is 4. The van der Waals surface area contributed by atoms with Crippen LogP contribution >= 0.6 is 0 Å². The minimum Gasteiger partial charge on any atom is -0.341 e. The standard InChI is InChI=1S/C10H16N4O3S/c11-18(16,17)7-9-5-10(15)14(6-9)4-3-13-2-1-12-8-13/h1-2,8-9H,3-7H2,(H2,11,16,17). The Morgan fingerprint density at radius 1 is 1.44 bits per heavy atom. The van der Waals surface area contributed by atoms with E-state index >= 15 is 0 Å². The Balaban J connectivity index is 1.86. The van der Waals surface area contributed by atoms with Crippen molar-refractivity contribution in [2.24, 2.45) is 11.1 Å². The maximum absolute atomic E-state index is 11.7. The molecule has 1 aromatic rings. The molecule has 18 heavy (non-hydrogen) atoms. The zero-order valence-corrected chi connectivity index (χ0v) is 10.7. The summed E-state index contributed by atoms with van der Waals surface area (Å²) in [6.45, 7) is 1.69. The number of nitrogens with two attached hydrogens (primary N) is 1. The Kier molecular flexibility index (Phi) is 3.67. The van der Waals surface area contributed by atoms with E-state index in [2.05, 4.69) is 4.98 Å². The quantitative estimate of drug-likeness (QED) is 0.744. The lowest BCUT2D eigenvalue weighted by Crippen LogP contribution is -2.30. The first-order valence-electron chi connectivity index (χ1n) is 5.68. The van der Waals surface area contributed by atoms with E-state index in [9.17, 15) is 13.2 Å². The third kappa shape index (κ3) is 3.54. The fraction of sp³-hybridized carbons (Fsp3) is 0.600. The molecule has 0 aliphatic carbocycles.